The molecule has 0 aliphatic carbocycles. The zero-order valence-corrected chi connectivity index (χ0v) is 35.4. The van der Waals surface area contributed by atoms with Gasteiger partial charge in [-0.25, -0.2) is 10.3 Å². The van der Waals surface area contributed by atoms with Crippen LogP contribution in [-0.4, -0.2) is 125 Å². The number of amides is 10. The minimum Gasteiger partial charge on any atom is -0.368 e. The summed E-state index contributed by atoms with van der Waals surface area (Å²) in [7, 11) is 0. The van der Waals surface area contributed by atoms with Crippen LogP contribution in [0.15, 0.2) is 0 Å². The molecule has 0 aromatic heterocycles. The van der Waals surface area contributed by atoms with E-state index in [2.05, 4.69) is 55.2 Å². The van der Waals surface area contributed by atoms with Crippen molar-refractivity contribution in [1.29, 1.82) is 0 Å². The first-order valence-corrected chi connectivity index (χ1v) is 21.4. The van der Waals surface area contributed by atoms with Crippen molar-refractivity contribution in [3.05, 3.63) is 0 Å². The minimum atomic E-state index is -1.16. The molecule has 0 aromatic rings. The van der Waals surface area contributed by atoms with Crippen LogP contribution < -0.4 is 53.7 Å². The van der Waals surface area contributed by atoms with Gasteiger partial charge < -0.3 is 48.3 Å². The molecule has 2 saturated heterocycles. The van der Waals surface area contributed by atoms with E-state index in [1.165, 1.54) is 5.48 Å². The minimum absolute atomic E-state index is 0.0296. The number of primary amides is 1. The molecule has 0 radical (unpaired) electrons. The second kappa shape index (κ2) is 25.9. The van der Waals surface area contributed by atoms with Gasteiger partial charge in [-0.15, -0.1) is 0 Å². The van der Waals surface area contributed by atoms with Gasteiger partial charge in [0.25, 0.3) is 0 Å². The van der Waals surface area contributed by atoms with Crippen molar-refractivity contribution in [2.45, 2.75) is 121 Å². The van der Waals surface area contributed by atoms with Gasteiger partial charge >= 0.3 is 6.03 Å². The third-order valence-electron chi connectivity index (χ3n) is 9.62. The van der Waals surface area contributed by atoms with Gasteiger partial charge in [-0.05, 0) is 50.4 Å². The van der Waals surface area contributed by atoms with Crippen molar-refractivity contribution in [3.8, 4) is 0 Å². The summed E-state index contributed by atoms with van der Waals surface area (Å²) in [6.07, 6.45) is 4.14. The first kappa shape index (κ1) is 49.8. The molecule has 2 rings (SSSR count). The number of thioether (sulfide) groups is 1. The van der Waals surface area contributed by atoms with E-state index in [9.17, 15) is 43.2 Å². The molecule has 2 fully saturated rings. The maximum absolute atomic E-state index is 13.1. The Balaban J connectivity index is 1.68. The number of urea groups is 1. The SMILES string of the molecule is CC(C)CC(CC(=O)NO)C(=O)N[C@@H](CS)C(=O)N[C@H](C(=O)NCC(=O)NCC(=O)N[C@@H](CCCCNC(=O)CCCC[C@@H]1SC[C@@H]2NC(=O)N[C@@H]21)C(N)=O)C(C)C. The summed E-state index contributed by atoms with van der Waals surface area (Å²) in [4.78, 5) is 111. The molecule has 0 aromatic carbocycles. The third kappa shape index (κ3) is 18.1. The number of rotatable bonds is 27. The van der Waals surface area contributed by atoms with Crippen LogP contribution in [0, 0.1) is 17.8 Å². The van der Waals surface area contributed by atoms with Gasteiger partial charge in [0.1, 0.15) is 18.1 Å². The molecule has 20 nitrogen and oxygen atoms in total. The average molecular weight is 859 g/mol. The Labute approximate surface area is 348 Å². The fourth-order valence-electron chi connectivity index (χ4n) is 6.51. The van der Waals surface area contributed by atoms with E-state index in [0.29, 0.717) is 37.5 Å². The molecule has 58 heavy (non-hydrogen) atoms. The van der Waals surface area contributed by atoms with E-state index in [0.717, 1.165) is 25.0 Å². The standard InChI is InChI=1S/C36H62N10O10S2/c1-19(2)13-21(14-27(48)46-56)33(52)42-23(17-57)34(53)44-30(20(3)4)35(54)40-15-28(49)39-16-29(50)41-22(32(37)51)9-7-8-12-38-26(47)11-6-5-10-25-31-24(18-58-25)43-36(55)45-31/h19-25,30-31,56-57H,5-18H2,1-4H3,(H2,37,51)(H,38,47)(H,39,49)(H,40,54)(H,41,50)(H,42,52)(H,44,53)(H,46,48)(H2,43,45,55)/t21?,22-,23-,24-,25-,30-,31-/m0/s1. The summed E-state index contributed by atoms with van der Waals surface area (Å²) in [5.74, 6) is -5.52. The molecule has 10 amide bonds. The highest BCUT2D eigenvalue weighted by atomic mass is 32.2. The molecule has 22 heteroatoms. The van der Waals surface area contributed by atoms with Crippen LogP contribution in [0.25, 0.3) is 0 Å². The van der Waals surface area contributed by atoms with Crippen molar-refractivity contribution in [3.63, 3.8) is 0 Å². The van der Waals surface area contributed by atoms with E-state index in [1.54, 1.807) is 13.8 Å². The number of carbonyl (C=O) groups excluding carboxylic acids is 9. The topological polar surface area (TPSA) is 308 Å². The molecular weight excluding hydrogens is 797 g/mol. The first-order valence-electron chi connectivity index (χ1n) is 19.7. The summed E-state index contributed by atoms with van der Waals surface area (Å²) < 4.78 is 0. The predicted molar refractivity (Wildman–Crippen MR) is 218 cm³/mol. The molecule has 12 N–H and O–H groups in total. The van der Waals surface area contributed by atoms with Gasteiger partial charge in [0, 0.05) is 42.1 Å². The number of carbonyl (C=O) groups is 9. The molecule has 7 atom stereocenters. The molecule has 0 saturated carbocycles. The number of hydrogen-bond donors (Lipinski definition) is 12. The van der Waals surface area contributed by atoms with Crippen molar-refractivity contribution in [1.82, 2.24) is 48.0 Å². The Morgan fingerprint density at radius 1 is 0.810 bits per heavy atom. The van der Waals surface area contributed by atoms with Gasteiger partial charge in [-0.3, -0.25) is 43.6 Å². The van der Waals surface area contributed by atoms with Crippen molar-refractivity contribution in [2.75, 3.05) is 31.1 Å². The van der Waals surface area contributed by atoms with Crippen LogP contribution in [0.2, 0.25) is 0 Å². The largest absolute Gasteiger partial charge is 0.368 e. The molecule has 1 unspecified atom stereocenters. The fraction of sp³-hybridized carbons (Fsp3) is 0.750. The van der Waals surface area contributed by atoms with Gasteiger partial charge in [0.2, 0.25) is 47.3 Å². The maximum Gasteiger partial charge on any atom is 0.315 e. The van der Waals surface area contributed by atoms with Gasteiger partial charge in [0.15, 0.2) is 0 Å². The number of hydrogen-bond acceptors (Lipinski definition) is 12. The highest BCUT2D eigenvalue weighted by Gasteiger charge is 2.42. The number of thiol groups is 1. The lowest BCUT2D eigenvalue weighted by molar-refractivity contribution is -0.137. The molecule has 0 bridgehead atoms. The van der Waals surface area contributed by atoms with Crippen LogP contribution in [0.5, 0.6) is 0 Å². The van der Waals surface area contributed by atoms with Crippen LogP contribution in [0.4, 0.5) is 4.79 Å². The Kier molecular flexibility index (Phi) is 22.3. The van der Waals surface area contributed by atoms with Crippen molar-refractivity contribution < 1.29 is 48.4 Å². The van der Waals surface area contributed by atoms with Crippen molar-refractivity contribution >= 4 is 77.7 Å². The summed E-state index contributed by atoms with van der Waals surface area (Å²) in [5, 5.41) is 30.3. The van der Waals surface area contributed by atoms with Crippen LogP contribution in [0.1, 0.15) is 85.5 Å². The highest BCUT2D eigenvalue weighted by molar-refractivity contribution is 8.00. The number of unbranched alkanes of at least 4 members (excludes halogenated alkanes) is 2. The van der Waals surface area contributed by atoms with E-state index in [1.807, 2.05) is 25.6 Å². The third-order valence-corrected chi connectivity index (χ3v) is 11.5. The lowest BCUT2D eigenvalue weighted by Crippen LogP contribution is -2.57. The predicted octanol–water partition coefficient (Wildman–Crippen LogP) is -1.69. The highest BCUT2D eigenvalue weighted by Crippen LogP contribution is 2.33. The van der Waals surface area contributed by atoms with Crippen LogP contribution >= 0.6 is 24.4 Å². The summed E-state index contributed by atoms with van der Waals surface area (Å²) >= 11 is 5.99. The number of nitrogens with two attached hydrogens (primary N) is 1. The molecule has 328 valence electrons. The van der Waals surface area contributed by atoms with Gasteiger partial charge in [0.05, 0.1) is 25.2 Å². The quantitative estimate of drug-likeness (QED) is 0.0146. The van der Waals surface area contributed by atoms with E-state index in [-0.39, 0.29) is 48.5 Å². The van der Waals surface area contributed by atoms with Crippen LogP contribution in [-0.2, 0) is 38.4 Å². The second-order valence-electron chi connectivity index (χ2n) is 15.3. The lowest BCUT2D eigenvalue weighted by Gasteiger charge is -2.26. The normalized spacial score (nSPS) is 19.0. The Bertz CT molecular complexity index is 1460. The van der Waals surface area contributed by atoms with Gasteiger partial charge in [-0.2, -0.15) is 24.4 Å². The van der Waals surface area contributed by atoms with Crippen molar-refractivity contribution in [2.24, 2.45) is 23.5 Å². The van der Waals surface area contributed by atoms with Crippen LogP contribution in [0.3, 0.4) is 0 Å². The monoisotopic (exact) mass is 858 g/mol. The summed E-state index contributed by atoms with van der Waals surface area (Å²) in [6, 6.07) is -3.09. The average Bonchev–Trinajstić information content (AvgIpc) is 3.72. The maximum atomic E-state index is 13.1. The molecule has 2 heterocycles. The zero-order valence-electron chi connectivity index (χ0n) is 33.6. The smallest absolute Gasteiger partial charge is 0.315 e. The van der Waals surface area contributed by atoms with Gasteiger partial charge in [-0.1, -0.05) is 34.1 Å². The molecule has 2 aliphatic heterocycles. The molecule has 0 spiro atoms. The molecular formula is C36H62N10O10S2. The lowest BCUT2D eigenvalue weighted by atomic mass is 9.92. The van der Waals surface area contributed by atoms with E-state index < -0.39 is 84.4 Å². The van der Waals surface area contributed by atoms with E-state index >= 15 is 0 Å². The fourth-order valence-corrected chi connectivity index (χ4v) is 8.31. The Morgan fingerprint density at radius 2 is 1.52 bits per heavy atom. The number of nitrogens with one attached hydrogen (secondary N) is 9. The summed E-state index contributed by atoms with van der Waals surface area (Å²) in [5.41, 5.74) is 6.96. The first-order chi connectivity index (χ1) is 27.4. The number of hydroxylamine groups is 1. The molecule has 2 aliphatic rings. The Hall–Kier alpha value is -4.31. The zero-order chi connectivity index (χ0) is 43.4. The summed E-state index contributed by atoms with van der Waals surface area (Å²) in [6.45, 7) is 6.36. The number of fused-ring (bicyclic) bond motifs is 1. The second-order valence-corrected chi connectivity index (χ2v) is 16.9. The van der Waals surface area contributed by atoms with E-state index in [4.69, 9.17) is 10.9 Å². The Morgan fingerprint density at radius 3 is 2.16 bits per heavy atom.